The molecule has 2 saturated heterocycles. The Kier molecular flexibility index (Phi) is 5.95. The Morgan fingerprint density at radius 1 is 1.12 bits per heavy atom. The second-order valence-corrected chi connectivity index (χ2v) is 9.24. The van der Waals surface area contributed by atoms with Crippen molar-refractivity contribution in [3.05, 3.63) is 47.5 Å². The third-order valence-corrected chi connectivity index (χ3v) is 6.73. The van der Waals surface area contributed by atoms with Gasteiger partial charge in [-0.2, -0.15) is 5.26 Å². The molecule has 1 atom stereocenters. The molecule has 5 rings (SSSR count). The lowest BCUT2D eigenvalue weighted by Crippen LogP contribution is -2.36. The summed E-state index contributed by atoms with van der Waals surface area (Å²) in [5.41, 5.74) is 3.44. The third-order valence-electron chi connectivity index (χ3n) is 6.73. The van der Waals surface area contributed by atoms with Crippen LogP contribution in [0.5, 0.6) is 0 Å². The maximum absolute atomic E-state index is 9.46. The number of anilines is 2. The summed E-state index contributed by atoms with van der Waals surface area (Å²) in [5, 5.41) is 13.5. The second kappa shape index (κ2) is 9.18. The first-order valence-corrected chi connectivity index (χ1v) is 11.8. The standard InChI is InChI=1S/C25H29N7O/c1-17-5-4-10-32(16-17)25-28-15-21(22-13-18(2)30-33-22)23(29-25)19-7-11-31(12-8-19)24-20(14-26)6-3-9-27-24/h3,6,9,13,15,17,19H,4-5,7-8,10-12,16H2,1-2H3/t17-/m0/s1. The molecule has 170 valence electrons. The van der Waals surface area contributed by atoms with E-state index in [9.17, 15) is 5.26 Å². The second-order valence-electron chi connectivity index (χ2n) is 9.24. The summed E-state index contributed by atoms with van der Waals surface area (Å²) in [4.78, 5) is 18.8. The summed E-state index contributed by atoms with van der Waals surface area (Å²) in [6.07, 6.45) is 7.95. The molecule has 2 aliphatic heterocycles. The van der Waals surface area contributed by atoms with Gasteiger partial charge in [0.1, 0.15) is 11.9 Å². The van der Waals surface area contributed by atoms with Crippen LogP contribution in [0.2, 0.25) is 0 Å². The van der Waals surface area contributed by atoms with E-state index in [0.717, 1.165) is 73.5 Å². The normalized spacial score (nSPS) is 19.5. The molecule has 0 N–H and O–H groups in total. The van der Waals surface area contributed by atoms with Gasteiger partial charge in [0.15, 0.2) is 5.76 Å². The molecule has 0 aliphatic carbocycles. The van der Waals surface area contributed by atoms with Crippen LogP contribution in [-0.2, 0) is 0 Å². The molecule has 2 fully saturated rings. The van der Waals surface area contributed by atoms with E-state index in [0.29, 0.717) is 11.5 Å². The first-order valence-electron chi connectivity index (χ1n) is 11.8. The first-order chi connectivity index (χ1) is 16.1. The molecule has 3 aromatic heterocycles. The van der Waals surface area contributed by atoms with Crippen LogP contribution >= 0.6 is 0 Å². The Bertz CT molecular complexity index is 1160. The molecular formula is C25H29N7O. The number of nitriles is 1. The number of hydrogen-bond acceptors (Lipinski definition) is 8. The van der Waals surface area contributed by atoms with Crippen molar-refractivity contribution in [1.29, 1.82) is 5.26 Å². The zero-order valence-corrected chi connectivity index (χ0v) is 19.2. The fourth-order valence-corrected chi connectivity index (χ4v) is 5.00. The van der Waals surface area contributed by atoms with Gasteiger partial charge >= 0.3 is 0 Å². The quantitative estimate of drug-likeness (QED) is 0.588. The van der Waals surface area contributed by atoms with Gasteiger partial charge in [-0.25, -0.2) is 15.0 Å². The highest BCUT2D eigenvalue weighted by Crippen LogP contribution is 2.36. The third kappa shape index (κ3) is 4.40. The van der Waals surface area contributed by atoms with Gasteiger partial charge in [0.25, 0.3) is 0 Å². The molecule has 0 bridgehead atoms. The van der Waals surface area contributed by atoms with E-state index in [2.05, 4.69) is 32.9 Å². The number of aromatic nitrogens is 4. The van der Waals surface area contributed by atoms with E-state index in [1.54, 1.807) is 6.20 Å². The van der Waals surface area contributed by atoms with E-state index >= 15 is 0 Å². The van der Waals surface area contributed by atoms with Gasteiger partial charge in [-0.1, -0.05) is 12.1 Å². The van der Waals surface area contributed by atoms with E-state index in [4.69, 9.17) is 14.5 Å². The number of hydrogen-bond donors (Lipinski definition) is 0. The molecule has 0 saturated carbocycles. The number of nitrogens with zero attached hydrogens (tertiary/aromatic N) is 7. The van der Waals surface area contributed by atoms with Gasteiger partial charge in [-0.3, -0.25) is 0 Å². The smallest absolute Gasteiger partial charge is 0.225 e. The molecule has 0 spiro atoms. The van der Waals surface area contributed by atoms with Crippen molar-refractivity contribution in [1.82, 2.24) is 20.1 Å². The van der Waals surface area contributed by atoms with E-state index in [1.165, 1.54) is 12.8 Å². The van der Waals surface area contributed by atoms with Crippen LogP contribution in [0.1, 0.15) is 55.5 Å². The van der Waals surface area contributed by atoms with Crippen LogP contribution in [0.25, 0.3) is 11.3 Å². The summed E-state index contributed by atoms with van der Waals surface area (Å²) in [6, 6.07) is 7.86. The van der Waals surface area contributed by atoms with Gasteiger partial charge in [0, 0.05) is 50.6 Å². The van der Waals surface area contributed by atoms with Gasteiger partial charge < -0.3 is 14.3 Å². The maximum Gasteiger partial charge on any atom is 0.225 e. The molecule has 5 heterocycles. The van der Waals surface area contributed by atoms with Crippen molar-refractivity contribution in [2.45, 2.75) is 45.4 Å². The molecule has 8 nitrogen and oxygen atoms in total. The lowest BCUT2D eigenvalue weighted by atomic mass is 9.90. The van der Waals surface area contributed by atoms with E-state index in [1.807, 2.05) is 31.3 Å². The molecule has 0 radical (unpaired) electrons. The summed E-state index contributed by atoms with van der Waals surface area (Å²) in [5.74, 6) is 3.24. The lowest BCUT2D eigenvalue weighted by molar-refractivity contribution is 0.424. The number of rotatable bonds is 4. The number of pyridine rings is 1. The Hall–Kier alpha value is -3.47. The highest BCUT2D eigenvalue weighted by atomic mass is 16.5. The molecule has 3 aromatic rings. The van der Waals surface area contributed by atoms with Gasteiger partial charge in [-0.15, -0.1) is 0 Å². The van der Waals surface area contributed by atoms with Crippen LogP contribution in [-0.4, -0.2) is 46.3 Å². The molecule has 0 amide bonds. The molecule has 8 heteroatoms. The minimum absolute atomic E-state index is 0.278. The Labute approximate surface area is 194 Å². The topological polar surface area (TPSA) is 95.0 Å². The minimum atomic E-state index is 0.278. The van der Waals surface area contributed by atoms with Crippen molar-refractivity contribution in [3.8, 4) is 17.4 Å². The van der Waals surface area contributed by atoms with Crippen LogP contribution < -0.4 is 9.80 Å². The summed E-state index contributed by atoms with van der Waals surface area (Å²) in [6.45, 7) is 7.86. The summed E-state index contributed by atoms with van der Waals surface area (Å²) in [7, 11) is 0. The van der Waals surface area contributed by atoms with E-state index < -0.39 is 0 Å². The first kappa shape index (κ1) is 21.4. The van der Waals surface area contributed by atoms with Crippen molar-refractivity contribution in [2.24, 2.45) is 5.92 Å². The SMILES string of the molecule is Cc1cc(-c2cnc(N3CCC[C@H](C)C3)nc2C2CCN(c3ncccc3C#N)CC2)on1. The maximum atomic E-state index is 9.46. The predicted octanol–water partition coefficient (Wildman–Crippen LogP) is 4.33. The monoisotopic (exact) mass is 443 g/mol. The van der Waals surface area contributed by atoms with Crippen molar-refractivity contribution in [2.75, 3.05) is 36.0 Å². The van der Waals surface area contributed by atoms with Gasteiger partial charge in [0.2, 0.25) is 5.95 Å². The largest absolute Gasteiger partial charge is 0.356 e. The molecule has 2 aliphatic rings. The zero-order chi connectivity index (χ0) is 22.8. The van der Waals surface area contributed by atoms with Crippen LogP contribution in [0.4, 0.5) is 11.8 Å². The van der Waals surface area contributed by atoms with Crippen molar-refractivity contribution >= 4 is 11.8 Å². The fraction of sp³-hybridized carbons (Fsp3) is 0.480. The average molecular weight is 444 g/mol. The average Bonchev–Trinajstić information content (AvgIpc) is 3.30. The predicted molar refractivity (Wildman–Crippen MR) is 126 cm³/mol. The van der Waals surface area contributed by atoms with Crippen LogP contribution in [0, 0.1) is 24.2 Å². The summed E-state index contributed by atoms with van der Waals surface area (Å²) >= 11 is 0. The summed E-state index contributed by atoms with van der Waals surface area (Å²) < 4.78 is 5.60. The van der Waals surface area contributed by atoms with Gasteiger partial charge in [0.05, 0.1) is 22.5 Å². The lowest BCUT2D eigenvalue weighted by Gasteiger charge is -2.34. The molecule has 33 heavy (non-hydrogen) atoms. The van der Waals surface area contributed by atoms with Crippen LogP contribution in [0.15, 0.2) is 35.1 Å². The highest BCUT2D eigenvalue weighted by Gasteiger charge is 2.29. The number of aryl methyl sites for hydroxylation is 1. The van der Waals surface area contributed by atoms with Crippen molar-refractivity contribution < 1.29 is 4.52 Å². The van der Waals surface area contributed by atoms with E-state index in [-0.39, 0.29) is 5.92 Å². The molecular weight excluding hydrogens is 414 g/mol. The minimum Gasteiger partial charge on any atom is -0.356 e. The van der Waals surface area contributed by atoms with Gasteiger partial charge in [-0.05, 0) is 50.7 Å². The number of piperidine rings is 2. The van der Waals surface area contributed by atoms with Crippen molar-refractivity contribution in [3.63, 3.8) is 0 Å². The zero-order valence-electron chi connectivity index (χ0n) is 19.2. The highest BCUT2D eigenvalue weighted by molar-refractivity contribution is 5.62. The van der Waals surface area contributed by atoms with Crippen LogP contribution in [0.3, 0.4) is 0 Å². The fourth-order valence-electron chi connectivity index (χ4n) is 5.00. The molecule has 0 unspecified atom stereocenters. The molecule has 0 aromatic carbocycles. The Morgan fingerprint density at radius 3 is 2.70 bits per heavy atom. The Balaban J connectivity index is 1.43. The Morgan fingerprint density at radius 2 is 1.97 bits per heavy atom.